The minimum absolute atomic E-state index is 0.0262. The summed E-state index contributed by atoms with van der Waals surface area (Å²) in [6.07, 6.45) is 0.354. The molecule has 2 aromatic carbocycles. The van der Waals surface area contributed by atoms with Gasteiger partial charge in [-0.1, -0.05) is 36.4 Å². The van der Waals surface area contributed by atoms with Crippen LogP contribution in [0.4, 0.5) is 0 Å². The van der Waals surface area contributed by atoms with Crippen molar-refractivity contribution in [3.63, 3.8) is 0 Å². The van der Waals surface area contributed by atoms with Gasteiger partial charge in [-0.05, 0) is 31.5 Å². The van der Waals surface area contributed by atoms with Crippen LogP contribution in [0, 0.1) is 6.92 Å². The SMILES string of the molecule is CCOc1ccccc1[C@H]1CC(c2c(O)n(-c3ccccc3C)c(=O)[nH]c2=O)=NN1. The third-order valence-corrected chi connectivity index (χ3v) is 5.08. The molecule has 30 heavy (non-hydrogen) atoms. The summed E-state index contributed by atoms with van der Waals surface area (Å²) in [5.41, 5.74) is 4.14. The van der Waals surface area contributed by atoms with E-state index in [0.29, 0.717) is 24.4 Å². The predicted octanol–water partition coefficient (Wildman–Crippen LogP) is 2.38. The largest absolute Gasteiger partial charge is 0.494 e. The molecule has 0 bridgehead atoms. The monoisotopic (exact) mass is 406 g/mol. The van der Waals surface area contributed by atoms with Gasteiger partial charge in [0.05, 0.1) is 24.0 Å². The second-order valence-electron chi connectivity index (χ2n) is 6.99. The fraction of sp³-hybridized carbons (Fsp3) is 0.227. The molecule has 4 rings (SSSR count). The van der Waals surface area contributed by atoms with E-state index in [1.165, 1.54) is 0 Å². The van der Waals surface area contributed by atoms with E-state index in [1.807, 2.05) is 50.2 Å². The molecule has 1 aromatic heterocycles. The van der Waals surface area contributed by atoms with E-state index in [2.05, 4.69) is 15.5 Å². The number of aromatic amines is 1. The first kappa shape index (κ1) is 19.5. The highest BCUT2D eigenvalue weighted by molar-refractivity contribution is 6.03. The molecule has 1 aliphatic heterocycles. The van der Waals surface area contributed by atoms with Gasteiger partial charge in [0.1, 0.15) is 11.3 Å². The number of hydrogen-bond acceptors (Lipinski definition) is 6. The van der Waals surface area contributed by atoms with Crippen LogP contribution in [0.15, 0.2) is 63.2 Å². The zero-order valence-electron chi connectivity index (χ0n) is 16.7. The van der Waals surface area contributed by atoms with Crippen LogP contribution < -0.4 is 21.4 Å². The number of nitrogens with zero attached hydrogens (tertiary/aromatic N) is 2. The van der Waals surface area contributed by atoms with Gasteiger partial charge in [-0.25, -0.2) is 9.36 Å². The minimum atomic E-state index is -0.708. The summed E-state index contributed by atoms with van der Waals surface area (Å²) in [5.74, 6) is 0.300. The maximum absolute atomic E-state index is 12.6. The number of hydrogen-bond donors (Lipinski definition) is 3. The van der Waals surface area contributed by atoms with Gasteiger partial charge in [0.15, 0.2) is 0 Å². The summed E-state index contributed by atoms with van der Waals surface area (Å²) >= 11 is 0. The number of H-pyrrole nitrogens is 1. The average molecular weight is 406 g/mol. The van der Waals surface area contributed by atoms with E-state index in [9.17, 15) is 14.7 Å². The molecule has 2 heterocycles. The summed E-state index contributed by atoms with van der Waals surface area (Å²) < 4.78 is 6.78. The second-order valence-corrected chi connectivity index (χ2v) is 6.99. The second kappa shape index (κ2) is 7.90. The van der Waals surface area contributed by atoms with Crippen molar-refractivity contribution in [3.05, 3.63) is 86.1 Å². The van der Waals surface area contributed by atoms with Crippen LogP contribution >= 0.6 is 0 Å². The average Bonchev–Trinajstić information content (AvgIpc) is 3.19. The van der Waals surface area contributed by atoms with Gasteiger partial charge in [-0.2, -0.15) is 5.10 Å². The Bertz CT molecular complexity index is 1240. The number of rotatable bonds is 5. The number of ether oxygens (including phenoxy) is 1. The first-order valence-corrected chi connectivity index (χ1v) is 9.69. The summed E-state index contributed by atoms with van der Waals surface area (Å²) in [6, 6.07) is 14.5. The number of para-hydroxylation sites is 2. The Kier molecular flexibility index (Phi) is 5.14. The van der Waals surface area contributed by atoms with Crippen molar-refractivity contribution in [1.82, 2.24) is 15.0 Å². The first-order chi connectivity index (χ1) is 14.5. The number of aryl methyl sites for hydroxylation is 1. The van der Waals surface area contributed by atoms with Gasteiger partial charge in [0, 0.05) is 12.0 Å². The lowest BCUT2D eigenvalue weighted by Crippen LogP contribution is -2.33. The summed E-state index contributed by atoms with van der Waals surface area (Å²) in [6.45, 7) is 4.26. The number of benzene rings is 2. The third kappa shape index (κ3) is 3.36. The quantitative estimate of drug-likeness (QED) is 0.603. The number of hydrazone groups is 1. The standard InChI is InChI=1S/C22H22N4O4/c1-3-30-18-11-7-5-9-14(18)15-12-16(25-24-15)19-20(27)23-22(29)26(21(19)28)17-10-6-4-8-13(17)2/h4-11,15,24,28H,3,12H2,1-2H3,(H,23,27,29)/t15-/m1/s1. The normalized spacial score (nSPS) is 15.5. The molecule has 0 saturated heterocycles. The van der Waals surface area contributed by atoms with Crippen molar-refractivity contribution in [2.45, 2.75) is 26.3 Å². The van der Waals surface area contributed by atoms with Crippen LogP contribution in [0.2, 0.25) is 0 Å². The summed E-state index contributed by atoms with van der Waals surface area (Å²) in [5, 5.41) is 15.2. The highest BCUT2D eigenvalue weighted by atomic mass is 16.5. The minimum Gasteiger partial charge on any atom is -0.494 e. The highest BCUT2D eigenvalue weighted by Crippen LogP contribution is 2.32. The van der Waals surface area contributed by atoms with Crippen LogP contribution in [0.3, 0.4) is 0 Å². The van der Waals surface area contributed by atoms with Crippen LogP contribution in [-0.4, -0.2) is 27.0 Å². The molecule has 0 saturated carbocycles. The molecule has 0 unspecified atom stereocenters. The molecule has 0 spiro atoms. The highest BCUT2D eigenvalue weighted by Gasteiger charge is 2.29. The van der Waals surface area contributed by atoms with E-state index in [-0.39, 0.29) is 11.6 Å². The molecular weight excluding hydrogens is 384 g/mol. The van der Waals surface area contributed by atoms with Crippen molar-refractivity contribution in [2.75, 3.05) is 6.61 Å². The molecule has 0 fully saturated rings. The Hall–Kier alpha value is -3.81. The first-order valence-electron chi connectivity index (χ1n) is 9.69. The van der Waals surface area contributed by atoms with Crippen molar-refractivity contribution >= 4 is 5.71 Å². The van der Waals surface area contributed by atoms with Crippen molar-refractivity contribution in [3.8, 4) is 17.3 Å². The van der Waals surface area contributed by atoms with Gasteiger partial charge >= 0.3 is 5.69 Å². The third-order valence-electron chi connectivity index (χ3n) is 5.08. The summed E-state index contributed by atoms with van der Waals surface area (Å²) in [7, 11) is 0. The Morgan fingerprint density at radius 3 is 2.67 bits per heavy atom. The van der Waals surface area contributed by atoms with E-state index < -0.39 is 17.1 Å². The molecule has 0 amide bonds. The van der Waals surface area contributed by atoms with E-state index >= 15 is 0 Å². The molecule has 8 heteroatoms. The topological polar surface area (TPSA) is 109 Å². The molecule has 0 radical (unpaired) electrons. The maximum Gasteiger partial charge on any atom is 0.335 e. The summed E-state index contributed by atoms with van der Waals surface area (Å²) in [4.78, 5) is 27.3. The fourth-order valence-electron chi connectivity index (χ4n) is 3.66. The van der Waals surface area contributed by atoms with Gasteiger partial charge in [-0.3, -0.25) is 9.78 Å². The Labute approximate surface area is 172 Å². The Morgan fingerprint density at radius 1 is 1.17 bits per heavy atom. The van der Waals surface area contributed by atoms with Gasteiger partial charge in [-0.15, -0.1) is 0 Å². The van der Waals surface area contributed by atoms with Gasteiger partial charge in [0.2, 0.25) is 5.88 Å². The molecule has 8 nitrogen and oxygen atoms in total. The lowest BCUT2D eigenvalue weighted by atomic mass is 9.99. The van der Waals surface area contributed by atoms with E-state index in [0.717, 1.165) is 21.4 Å². The molecule has 3 aromatic rings. The number of aromatic nitrogens is 2. The Morgan fingerprint density at radius 2 is 1.90 bits per heavy atom. The smallest absolute Gasteiger partial charge is 0.335 e. The predicted molar refractivity (Wildman–Crippen MR) is 114 cm³/mol. The molecule has 154 valence electrons. The number of nitrogens with one attached hydrogen (secondary N) is 2. The number of aromatic hydroxyl groups is 1. The van der Waals surface area contributed by atoms with Crippen LogP contribution in [0.5, 0.6) is 11.6 Å². The molecule has 3 N–H and O–H groups in total. The van der Waals surface area contributed by atoms with Crippen LogP contribution in [-0.2, 0) is 0 Å². The van der Waals surface area contributed by atoms with Crippen LogP contribution in [0.25, 0.3) is 5.69 Å². The molecule has 1 aliphatic rings. The van der Waals surface area contributed by atoms with Crippen molar-refractivity contribution in [2.24, 2.45) is 5.10 Å². The maximum atomic E-state index is 12.6. The molecular formula is C22H22N4O4. The Balaban J connectivity index is 1.75. The van der Waals surface area contributed by atoms with Crippen molar-refractivity contribution < 1.29 is 9.84 Å². The molecule has 0 aliphatic carbocycles. The lowest BCUT2D eigenvalue weighted by Gasteiger charge is -2.16. The van der Waals surface area contributed by atoms with Gasteiger partial charge < -0.3 is 15.3 Å². The zero-order chi connectivity index (χ0) is 21.3. The van der Waals surface area contributed by atoms with Gasteiger partial charge in [0.25, 0.3) is 5.56 Å². The van der Waals surface area contributed by atoms with Crippen molar-refractivity contribution in [1.29, 1.82) is 0 Å². The van der Waals surface area contributed by atoms with E-state index in [1.54, 1.807) is 12.1 Å². The molecule has 1 atom stereocenters. The van der Waals surface area contributed by atoms with Crippen LogP contribution in [0.1, 0.15) is 36.1 Å². The lowest BCUT2D eigenvalue weighted by molar-refractivity contribution is 0.332. The fourth-order valence-corrected chi connectivity index (χ4v) is 3.66. The zero-order valence-corrected chi connectivity index (χ0v) is 16.7. The van der Waals surface area contributed by atoms with E-state index in [4.69, 9.17) is 4.74 Å².